The van der Waals surface area contributed by atoms with Crippen molar-refractivity contribution >= 4 is 5.91 Å². The first-order valence-corrected chi connectivity index (χ1v) is 5.13. The van der Waals surface area contributed by atoms with E-state index in [0.717, 1.165) is 0 Å². The number of hydrogen-bond acceptors (Lipinski definition) is 2. The molecule has 1 heterocycles. The first-order valence-electron chi connectivity index (χ1n) is 5.13. The average molecular weight is 205 g/mol. The molecule has 0 spiro atoms. The largest absolute Gasteiger partial charge is 0.362 e. The smallest absolute Gasteiger partial charge is 0.246 e. The Morgan fingerprint density at radius 1 is 1.40 bits per heavy atom. The van der Waals surface area contributed by atoms with Crippen molar-refractivity contribution in [3.05, 3.63) is 34.9 Å². The molecule has 0 bridgehead atoms. The lowest BCUT2D eigenvalue weighted by Gasteiger charge is -2.25. The zero-order chi connectivity index (χ0) is 10.8. The van der Waals surface area contributed by atoms with Gasteiger partial charge in [0.25, 0.3) is 0 Å². The summed E-state index contributed by atoms with van der Waals surface area (Å²) in [6.45, 7) is 4.91. The molecule has 1 N–H and O–H groups in total. The van der Waals surface area contributed by atoms with Crippen LogP contribution in [0.25, 0.3) is 0 Å². The molecule has 1 amide bonds. The Kier molecular flexibility index (Phi) is 2.73. The van der Waals surface area contributed by atoms with E-state index < -0.39 is 0 Å². The fourth-order valence-corrected chi connectivity index (χ4v) is 1.82. The van der Waals surface area contributed by atoms with Crippen molar-refractivity contribution in [3.8, 4) is 0 Å². The van der Waals surface area contributed by atoms with Gasteiger partial charge in [-0.2, -0.15) is 0 Å². The molecule has 1 atom stereocenters. The number of carbonyl (C=O) groups is 1. The zero-order valence-corrected chi connectivity index (χ0v) is 9.04. The Morgan fingerprint density at radius 3 is 2.87 bits per heavy atom. The van der Waals surface area contributed by atoms with Crippen molar-refractivity contribution in [3.63, 3.8) is 0 Å². The van der Waals surface area contributed by atoms with Crippen molar-refractivity contribution in [2.24, 2.45) is 0 Å². The molecule has 3 nitrogen and oxygen atoms in total. The van der Waals surface area contributed by atoms with Crippen LogP contribution in [0.3, 0.4) is 0 Å². The number of nitrogens with one attached hydrogen (secondary N) is 1. The summed E-state index contributed by atoms with van der Waals surface area (Å²) in [5, 5.41) is 2.81. The van der Waals surface area contributed by atoms with Crippen LogP contribution in [0, 0.1) is 13.8 Å². The first kappa shape index (κ1) is 10.2. The van der Waals surface area contributed by atoms with Crippen LogP contribution in [0.2, 0.25) is 0 Å². The van der Waals surface area contributed by atoms with Gasteiger partial charge in [0, 0.05) is 6.54 Å². The minimum Gasteiger partial charge on any atom is -0.362 e. The molecule has 0 radical (unpaired) electrons. The summed E-state index contributed by atoms with van der Waals surface area (Å²) in [4.78, 5) is 11.0. The normalized spacial score (nSPS) is 21.2. The summed E-state index contributed by atoms with van der Waals surface area (Å²) in [5.74, 6) is -0.0310. The number of rotatable bonds is 1. The molecule has 1 unspecified atom stereocenters. The van der Waals surface area contributed by atoms with Gasteiger partial charge < -0.3 is 10.1 Å². The lowest BCUT2D eigenvalue weighted by molar-refractivity contribution is -0.133. The topological polar surface area (TPSA) is 38.3 Å². The van der Waals surface area contributed by atoms with Crippen molar-refractivity contribution in [2.75, 3.05) is 13.2 Å². The third-order valence-corrected chi connectivity index (χ3v) is 2.89. The van der Waals surface area contributed by atoms with Gasteiger partial charge >= 0.3 is 0 Å². The summed E-state index contributed by atoms with van der Waals surface area (Å²) in [6.07, 6.45) is 0.00241. The molecular formula is C12H15NO2. The van der Waals surface area contributed by atoms with E-state index in [-0.39, 0.29) is 18.6 Å². The number of morpholine rings is 1. The number of aryl methyl sites for hydroxylation is 1. The van der Waals surface area contributed by atoms with E-state index in [1.165, 1.54) is 16.7 Å². The molecule has 0 aliphatic carbocycles. The Balaban J connectivity index is 2.22. The SMILES string of the molecule is Cc1cccc(C2CNC(=O)CO2)c1C. The van der Waals surface area contributed by atoms with Gasteiger partial charge in [-0.25, -0.2) is 0 Å². The minimum absolute atomic E-state index is 0.00241. The third kappa shape index (κ3) is 2.02. The number of hydrogen-bond donors (Lipinski definition) is 1. The van der Waals surface area contributed by atoms with Gasteiger partial charge in [-0.15, -0.1) is 0 Å². The second-order valence-electron chi connectivity index (χ2n) is 3.89. The molecule has 3 heteroatoms. The van der Waals surface area contributed by atoms with Crippen LogP contribution < -0.4 is 5.32 Å². The molecule has 1 fully saturated rings. The van der Waals surface area contributed by atoms with Crippen LogP contribution in [0.5, 0.6) is 0 Å². The summed E-state index contributed by atoms with van der Waals surface area (Å²) >= 11 is 0. The predicted octanol–water partition coefficient (Wildman–Crippen LogP) is 1.49. The average Bonchev–Trinajstić information content (AvgIpc) is 2.24. The van der Waals surface area contributed by atoms with Gasteiger partial charge in [-0.3, -0.25) is 4.79 Å². The monoisotopic (exact) mass is 205 g/mol. The quantitative estimate of drug-likeness (QED) is 0.754. The maximum absolute atomic E-state index is 11.0. The standard InChI is InChI=1S/C12H15NO2/c1-8-4-3-5-10(9(8)2)11-6-13-12(14)7-15-11/h3-5,11H,6-7H2,1-2H3,(H,13,14). The van der Waals surface area contributed by atoms with E-state index in [1.54, 1.807) is 0 Å². The van der Waals surface area contributed by atoms with E-state index in [0.29, 0.717) is 6.54 Å². The molecule has 1 aromatic carbocycles. The number of ether oxygens (including phenoxy) is 1. The molecular weight excluding hydrogens is 190 g/mol. The fourth-order valence-electron chi connectivity index (χ4n) is 1.82. The maximum atomic E-state index is 11.0. The second kappa shape index (κ2) is 4.03. The van der Waals surface area contributed by atoms with Crippen LogP contribution in [-0.4, -0.2) is 19.1 Å². The Bertz CT molecular complexity index is 377. The Hall–Kier alpha value is -1.35. The van der Waals surface area contributed by atoms with Gasteiger partial charge in [-0.1, -0.05) is 18.2 Å². The summed E-state index contributed by atoms with van der Waals surface area (Å²) in [6, 6.07) is 6.17. The molecule has 1 aromatic rings. The van der Waals surface area contributed by atoms with Crippen molar-refractivity contribution in [1.82, 2.24) is 5.32 Å². The van der Waals surface area contributed by atoms with Crippen LogP contribution in [0.15, 0.2) is 18.2 Å². The van der Waals surface area contributed by atoms with Gasteiger partial charge in [0.05, 0.1) is 0 Å². The van der Waals surface area contributed by atoms with Crippen LogP contribution in [0.4, 0.5) is 0 Å². The molecule has 80 valence electrons. The first-order chi connectivity index (χ1) is 7.18. The minimum atomic E-state index is -0.0310. The number of amides is 1. The van der Waals surface area contributed by atoms with Crippen molar-refractivity contribution in [2.45, 2.75) is 20.0 Å². The molecule has 0 saturated carbocycles. The highest BCUT2D eigenvalue weighted by molar-refractivity contribution is 5.77. The van der Waals surface area contributed by atoms with Gasteiger partial charge in [0.15, 0.2) is 0 Å². The van der Waals surface area contributed by atoms with E-state index >= 15 is 0 Å². The molecule has 1 saturated heterocycles. The lowest BCUT2D eigenvalue weighted by Crippen LogP contribution is -2.38. The van der Waals surface area contributed by atoms with Crippen LogP contribution in [-0.2, 0) is 9.53 Å². The maximum Gasteiger partial charge on any atom is 0.246 e. The molecule has 2 rings (SSSR count). The van der Waals surface area contributed by atoms with Crippen LogP contribution in [0.1, 0.15) is 22.8 Å². The van der Waals surface area contributed by atoms with Gasteiger partial charge in [0.1, 0.15) is 12.7 Å². The third-order valence-electron chi connectivity index (χ3n) is 2.89. The van der Waals surface area contributed by atoms with Crippen molar-refractivity contribution < 1.29 is 9.53 Å². The highest BCUT2D eigenvalue weighted by Crippen LogP contribution is 2.24. The summed E-state index contributed by atoms with van der Waals surface area (Å²) < 4.78 is 5.50. The predicted molar refractivity (Wildman–Crippen MR) is 57.6 cm³/mol. The second-order valence-corrected chi connectivity index (χ2v) is 3.89. The molecule has 1 aliphatic heterocycles. The summed E-state index contributed by atoms with van der Waals surface area (Å²) in [5.41, 5.74) is 3.68. The van der Waals surface area contributed by atoms with Gasteiger partial charge in [0.2, 0.25) is 5.91 Å². The van der Waals surface area contributed by atoms with E-state index in [1.807, 2.05) is 6.07 Å². The highest BCUT2D eigenvalue weighted by Gasteiger charge is 2.21. The molecule has 0 aromatic heterocycles. The summed E-state index contributed by atoms with van der Waals surface area (Å²) in [7, 11) is 0. The number of benzene rings is 1. The molecule has 15 heavy (non-hydrogen) atoms. The molecule has 1 aliphatic rings. The lowest BCUT2D eigenvalue weighted by atomic mass is 9.98. The number of carbonyl (C=O) groups excluding carboxylic acids is 1. The Labute approximate surface area is 89.4 Å². The van der Waals surface area contributed by atoms with E-state index in [9.17, 15) is 4.79 Å². The zero-order valence-electron chi connectivity index (χ0n) is 9.04. The van der Waals surface area contributed by atoms with E-state index in [2.05, 4.69) is 31.3 Å². The van der Waals surface area contributed by atoms with E-state index in [4.69, 9.17) is 4.74 Å². The highest BCUT2D eigenvalue weighted by atomic mass is 16.5. The fraction of sp³-hybridized carbons (Fsp3) is 0.417. The Morgan fingerprint density at radius 2 is 2.20 bits per heavy atom. The van der Waals surface area contributed by atoms with Crippen LogP contribution >= 0.6 is 0 Å². The van der Waals surface area contributed by atoms with Gasteiger partial charge in [-0.05, 0) is 30.5 Å². The van der Waals surface area contributed by atoms with Crippen molar-refractivity contribution in [1.29, 1.82) is 0 Å².